The van der Waals surface area contributed by atoms with Crippen LogP contribution in [0.1, 0.15) is 34.1 Å². The van der Waals surface area contributed by atoms with E-state index in [4.69, 9.17) is 17.3 Å². The molecule has 3 heterocycles. The van der Waals surface area contributed by atoms with E-state index in [1.54, 1.807) is 35.8 Å². The lowest BCUT2D eigenvalue weighted by Gasteiger charge is -2.15. The van der Waals surface area contributed by atoms with Gasteiger partial charge in [0.1, 0.15) is 12.1 Å². The molecule has 4 rings (SSSR count). The number of nitrogen functional groups attached to an aromatic ring is 1. The number of likely N-dealkylation sites (N-methyl/N-ethyl adjacent to an activating group) is 1. The van der Waals surface area contributed by atoms with Crippen molar-refractivity contribution in [2.24, 2.45) is 0 Å². The summed E-state index contributed by atoms with van der Waals surface area (Å²) in [6.45, 7) is 6.31. The van der Waals surface area contributed by atoms with E-state index in [9.17, 15) is 14.4 Å². The van der Waals surface area contributed by atoms with Crippen LogP contribution in [0.4, 0.5) is 11.5 Å². The predicted octanol–water partition coefficient (Wildman–Crippen LogP) is 2.21. The van der Waals surface area contributed by atoms with E-state index in [-0.39, 0.29) is 35.8 Å². The van der Waals surface area contributed by atoms with E-state index >= 15 is 0 Å². The topological polar surface area (TPSA) is 139 Å². The number of fused-ring (bicyclic) bond motifs is 1. The number of anilines is 2. The van der Waals surface area contributed by atoms with Gasteiger partial charge < -0.3 is 20.9 Å². The minimum absolute atomic E-state index is 0.0685. The summed E-state index contributed by atoms with van der Waals surface area (Å²) in [4.78, 5) is 49.0. The molecular weight excluding hydrogens is 484 g/mol. The van der Waals surface area contributed by atoms with Crippen LogP contribution < -0.4 is 11.1 Å². The van der Waals surface area contributed by atoms with Gasteiger partial charge in [-0.3, -0.25) is 14.4 Å². The van der Waals surface area contributed by atoms with Crippen molar-refractivity contribution in [1.29, 1.82) is 0 Å². The quantitative estimate of drug-likeness (QED) is 0.484. The second-order valence-corrected chi connectivity index (χ2v) is 9.27. The largest absolute Gasteiger partial charge is 0.383 e. The molecule has 3 amide bonds. The third kappa shape index (κ3) is 4.74. The number of rotatable bonds is 6. The molecule has 1 aromatic carbocycles. The van der Waals surface area contributed by atoms with Gasteiger partial charge in [-0.05, 0) is 36.6 Å². The highest BCUT2D eigenvalue weighted by Gasteiger charge is 2.31. The molecule has 188 valence electrons. The lowest BCUT2D eigenvalue weighted by molar-refractivity contribution is -0.128. The van der Waals surface area contributed by atoms with Crippen LogP contribution in [0.3, 0.4) is 0 Å². The first-order chi connectivity index (χ1) is 17.1. The van der Waals surface area contributed by atoms with Crippen molar-refractivity contribution in [3.05, 3.63) is 53.0 Å². The number of carbonyl (C=O) groups is 3. The number of likely N-dealkylation sites (tertiary alicyclic amines) is 1. The van der Waals surface area contributed by atoms with Gasteiger partial charge in [0.05, 0.1) is 17.8 Å². The molecule has 0 aliphatic carbocycles. The average Bonchev–Trinajstić information content (AvgIpc) is 3.47. The fraction of sp³-hybridized carbons (Fsp3) is 0.333. The fourth-order valence-corrected chi connectivity index (χ4v) is 4.42. The Kier molecular flexibility index (Phi) is 6.93. The summed E-state index contributed by atoms with van der Waals surface area (Å²) in [6, 6.07) is 3.20. The summed E-state index contributed by atoms with van der Waals surface area (Å²) in [5.74, 6) is -0.626. The molecule has 1 aliphatic rings. The van der Waals surface area contributed by atoms with Crippen LogP contribution in [-0.4, -0.2) is 74.5 Å². The Labute approximate surface area is 212 Å². The zero-order valence-electron chi connectivity index (χ0n) is 20.3. The van der Waals surface area contributed by atoms with E-state index in [0.717, 1.165) is 5.56 Å². The SMILES string of the molecule is C=CC(=O)N1CCC(n2nc(C(=O)Nc3cc(Cl)c(CC(=O)N(C)C)cc3C)c3c(N)ncnc32)C1. The molecule has 0 bridgehead atoms. The fourth-order valence-electron chi connectivity index (χ4n) is 4.19. The Morgan fingerprint density at radius 3 is 2.75 bits per heavy atom. The number of aromatic nitrogens is 4. The molecule has 0 saturated carbocycles. The standard InChI is InChI=1S/C24H27ClN8O3/c1-5-18(34)32-7-6-15(11-32)33-23-20(22(26)27-12-28-23)21(30-33)24(36)29-17-10-16(25)14(8-13(17)2)9-19(35)31(3)4/h5,8,10,12,15H,1,6-7,9,11H2,2-4H3,(H,29,36)(H2,26,27,28). The van der Waals surface area contributed by atoms with Crippen molar-refractivity contribution >= 4 is 51.9 Å². The maximum Gasteiger partial charge on any atom is 0.277 e. The third-order valence-corrected chi connectivity index (χ3v) is 6.56. The number of halogens is 1. The minimum Gasteiger partial charge on any atom is -0.383 e. The third-order valence-electron chi connectivity index (χ3n) is 6.21. The van der Waals surface area contributed by atoms with Gasteiger partial charge in [-0.15, -0.1) is 0 Å². The molecular formula is C24H27ClN8O3. The van der Waals surface area contributed by atoms with Gasteiger partial charge in [-0.1, -0.05) is 24.2 Å². The maximum absolute atomic E-state index is 13.4. The minimum atomic E-state index is -0.506. The summed E-state index contributed by atoms with van der Waals surface area (Å²) < 4.78 is 1.63. The highest BCUT2D eigenvalue weighted by molar-refractivity contribution is 6.32. The molecule has 0 spiro atoms. The number of nitrogens with two attached hydrogens (primary N) is 1. The molecule has 3 N–H and O–H groups in total. The average molecular weight is 511 g/mol. The lowest BCUT2D eigenvalue weighted by atomic mass is 10.1. The second-order valence-electron chi connectivity index (χ2n) is 8.86. The number of benzene rings is 1. The number of hydrogen-bond donors (Lipinski definition) is 2. The Bertz CT molecular complexity index is 1380. The maximum atomic E-state index is 13.4. The Hall–Kier alpha value is -3.99. The smallest absolute Gasteiger partial charge is 0.277 e. The Balaban J connectivity index is 1.65. The Morgan fingerprint density at radius 2 is 2.06 bits per heavy atom. The number of nitrogens with one attached hydrogen (secondary N) is 1. The van der Waals surface area contributed by atoms with Crippen LogP contribution in [0, 0.1) is 6.92 Å². The summed E-state index contributed by atoms with van der Waals surface area (Å²) >= 11 is 6.42. The van der Waals surface area contributed by atoms with Crippen LogP contribution in [0.2, 0.25) is 5.02 Å². The summed E-state index contributed by atoms with van der Waals surface area (Å²) in [7, 11) is 3.36. The van der Waals surface area contributed by atoms with Crippen molar-refractivity contribution in [3.8, 4) is 0 Å². The second kappa shape index (κ2) is 9.94. The van der Waals surface area contributed by atoms with Crippen molar-refractivity contribution in [1.82, 2.24) is 29.5 Å². The van der Waals surface area contributed by atoms with Crippen molar-refractivity contribution in [3.63, 3.8) is 0 Å². The normalized spacial score (nSPS) is 15.2. The van der Waals surface area contributed by atoms with E-state index in [2.05, 4.69) is 27.0 Å². The monoisotopic (exact) mass is 510 g/mol. The number of hydrogen-bond acceptors (Lipinski definition) is 7. The summed E-state index contributed by atoms with van der Waals surface area (Å²) in [5.41, 5.74) is 8.48. The zero-order valence-corrected chi connectivity index (χ0v) is 21.0. The van der Waals surface area contributed by atoms with E-state index < -0.39 is 5.91 Å². The van der Waals surface area contributed by atoms with Crippen LogP contribution in [0.25, 0.3) is 11.0 Å². The molecule has 1 aliphatic heterocycles. The molecule has 1 atom stereocenters. The van der Waals surface area contributed by atoms with Crippen LogP contribution in [-0.2, 0) is 16.0 Å². The van der Waals surface area contributed by atoms with Crippen molar-refractivity contribution < 1.29 is 14.4 Å². The van der Waals surface area contributed by atoms with Gasteiger partial charge in [0, 0.05) is 37.9 Å². The first-order valence-corrected chi connectivity index (χ1v) is 11.7. The van der Waals surface area contributed by atoms with Gasteiger partial charge in [0.2, 0.25) is 11.8 Å². The highest BCUT2D eigenvalue weighted by Crippen LogP contribution is 2.30. The Morgan fingerprint density at radius 1 is 1.31 bits per heavy atom. The number of carbonyl (C=O) groups excluding carboxylic acids is 3. The number of amides is 3. The molecule has 1 saturated heterocycles. The first-order valence-electron chi connectivity index (χ1n) is 11.3. The predicted molar refractivity (Wildman–Crippen MR) is 137 cm³/mol. The van der Waals surface area contributed by atoms with Gasteiger partial charge in [0.25, 0.3) is 5.91 Å². The molecule has 0 radical (unpaired) electrons. The van der Waals surface area contributed by atoms with Crippen LogP contribution in [0.5, 0.6) is 0 Å². The summed E-state index contributed by atoms with van der Waals surface area (Å²) in [5, 5.41) is 8.09. The van der Waals surface area contributed by atoms with Crippen LogP contribution >= 0.6 is 11.6 Å². The molecule has 12 heteroatoms. The molecule has 11 nitrogen and oxygen atoms in total. The van der Waals surface area contributed by atoms with Crippen molar-refractivity contribution in [2.45, 2.75) is 25.8 Å². The van der Waals surface area contributed by atoms with E-state index in [1.165, 1.54) is 17.3 Å². The number of aryl methyl sites for hydroxylation is 1. The molecule has 36 heavy (non-hydrogen) atoms. The molecule has 2 aromatic heterocycles. The first kappa shape index (κ1) is 25.1. The van der Waals surface area contributed by atoms with Crippen molar-refractivity contribution in [2.75, 3.05) is 38.2 Å². The van der Waals surface area contributed by atoms with E-state index in [1.807, 2.05) is 6.92 Å². The van der Waals surface area contributed by atoms with Gasteiger partial charge >= 0.3 is 0 Å². The van der Waals surface area contributed by atoms with Gasteiger partial charge in [-0.25, -0.2) is 14.6 Å². The lowest BCUT2D eigenvalue weighted by Crippen LogP contribution is -2.27. The number of nitrogens with zero attached hydrogens (tertiary/aromatic N) is 6. The summed E-state index contributed by atoms with van der Waals surface area (Å²) in [6.07, 6.45) is 3.38. The van der Waals surface area contributed by atoms with Gasteiger partial charge in [0.15, 0.2) is 11.3 Å². The molecule has 3 aromatic rings. The zero-order chi connectivity index (χ0) is 26.1. The highest BCUT2D eigenvalue weighted by atomic mass is 35.5. The molecule has 1 fully saturated rings. The van der Waals surface area contributed by atoms with Gasteiger partial charge in [-0.2, -0.15) is 5.10 Å². The molecule has 1 unspecified atom stereocenters. The van der Waals surface area contributed by atoms with Crippen LogP contribution in [0.15, 0.2) is 31.1 Å². The van der Waals surface area contributed by atoms with E-state index in [0.29, 0.717) is 46.8 Å².